The van der Waals surface area contributed by atoms with E-state index in [9.17, 15) is 9.50 Å². The molecule has 0 aromatic heterocycles. The average Bonchev–Trinajstić information content (AvgIpc) is 2.41. The van der Waals surface area contributed by atoms with Crippen molar-refractivity contribution in [2.75, 3.05) is 11.9 Å². The molecule has 1 unspecified atom stereocenters. The number of hydrogen-bond acceptors (Lipinski definition) is 2. The van der Waals surface area contributed by atoms with Gasteiger partial charge in [-0.05, 0) is 45.8 Å². The molecule has 100 valence electrons. The van der Waals surface area contributed by atoms with Crippen molar-refractivity contribution in [2.24, 2.45) is 0 Å². The molecule has 19 heavy (non-hydrogen) atoms. The molecule has 0 aliphatic rings. The third-order valence-corrected chi connectivity index (χ3v) is 3.96. The number of aliphatic hydroxyl groups is 1. The van der Waals surface area contributed by atoms with Crippen LogP contribution in [0.2, 0.25) is 5.02 Å². The number of anilines is 1. The van der Waals surface area contributed by atoms with E-state index in [2.05, 4.69) is 21.2 Å². The summed E-state index contributed by atoms with van der Waals surface area (Å²) in [5, 5.41) is 13.0. The van der Waals surface area contributed by atoms with Gasteiger partial charge in [-0.1, -0.05) is 29.8 Å². The molecule has 1 atom stereocenters. The molecule has 0 bridgehead atoms. The summed E-state index contributed by atoms with van der Waals surface area (Å²) in [5.74, 6) is -0.357. The second-order valence-corrected chi connectivity index (χ2v) is 5.29. The molecule has 0 saturated heterocycles. The first-order chi connectivity index (χ1) is 9.11. The van der Waals surface area contributed by atoms with E-state index in [1.165, 1.54) is 6.07 Å². The Labute approximate surface area is 124 Å². The lowest BCUT2D eigenvalue weighted by Crippen LogP contribution is -2.15. The van der Waals surface area contributed by atoms with Gasteiger partial charge in [0.15, 0.2) is 0 Å². The summed E-state index contributed by atoms with van der Waals surface area (Å²) < 4.78 is 14.3. The van der Waals surface area contributed by atoms with Gasteiger partial charge in [0.25, 0.3) is 0 Å². The molecule has 2 aromatic carbocycles. The van der Waals surface area contributed by atoms with Crippen molar-refractivity contribution in [2.45, 2.75) is 6.04 Å². The van der Waals surface area contributed by atoms with Crippen LogP contribution in [0.3, 0.4) is 0 Å². The Bertz CT molecular complexity index is 579. The quantitative estimate of drug-likeness (QED) is 0.862. The van der Waals surface area contributed by atoms with E-state index in [1.807, 2.05) is 6.07 Å². The molecule has 0 heterocycles. The number of para-hydroxylation sites is 1. The Morgan fingerprint density at radius 1 is 1.26 bits per heavy atom. The zero-order valence-electron chi connectivity index (χ0n) is 9.91. The third kappa shape index (κ3) is 3.47. The van der Waals surface area contributed by atoms with Crippen LogP contribution < -0.4 is 5.32 Å². The molecule has 0 saturated carbocycles. The third-order valence-electron chi connectivity index (χ3n) is 2.73. The maximum Gasteiger partial charge on any atom is 0.146 e. The van der Waals surface area contributed by atoms with Crippen LogP contribution in [0.5, 0.6) is 0 Å². The van der Waals surface area contributed by atoms with Crippen LogP contribution in [-0.4, -0.2) is 11.7 Å². The van der Waals surface area contributed by atoms with E-state index in [-0.39, 0.29) is 12.4 Å². The fourth-order valence-corrected chi connectivity index (χ4v) is 2.17. The first kappa shape index (κ1) is 14.3. The molecular formula is C14H12BrClFNO. The zero-order chi connectivity index (χ0) is 13.8. The molecule has 0 aliphatic heterocycles. The summed E-state index contributed by atoms with van der Waals surface area (Å²) >= 11 is 9.32. The molecule has 0 aliphatic carbocycles. The van der Waals surface area contributed by atoms with Crippen molar-refractivity contribution < 1.29 is 9.50 Å². The van der Waals surface area contributed by atoms with Gasteiger partial charge in [-0.3, -0.25) is 0 Å². The van der Waals surface area contributed by atoms with Crippen molar-refractivity contribution in [3.05, 3.63) is 63.3 Å². The first-order valence-corrected chi connectivity index (χ1v) is 6.86. The molecule has 0 spiro atoms. The maximum absolute atomic E-state index is 13.6. The number of hydrogen-bond donors (Lipinski definition) is 2. The molecule has 2 aromatic rings. The highest BCUT2D eigenvalue weighted by Gasteiger charge is 2.13. The van der Waals surface area contributed by atoms with E-state index >= 15 is 0 Å². The van der Waals surface area contributed by atoms with Crippen LogP contribution in [0, 0.1) is 5.82 Å². The summed E-state index contributed by atoms with van der Waals surface area (Å²) in [6, 6.07) is 11.3. The average molecular weight is 345 g/mol. The molecule has 0 amide bonds. The van der Waals surface area contributed by atoms with Crippen LogP contribution in [-0.2, 0) is 0 Å². The zero-order valence-corrected chi connectivity index (χ0v) is 12.2. The summed E-state index contributed by atoms with van der Waals surface area (Å²) in [5.41, 5.74) is 1.14. The Kier molecular flexibility index (Phi) is 4.80. The van der Waals surface area contributed by atoms with Gasteiger partial charge >= 0.3 is 0 Å². The standard InChI is InChI=1S/C14H12BrClFNO/c15-10-6-5-9(7-11(10)16)14(8-19)18-13-4-2-1-3-12(13)17/h1-7,14,18-19H,8H2. The number of rotatable bonds is 4. The van der Waals surface area contributed by atoms with Crippen molar-refractivity contribution in [3.63, 3.8) is 0 Å². The summed E-state index contributed by atoms with van der Waals surface area (Å²) in [4.78, 5) is 0. The van der Waals surface area contributed by atoms with Gasteiger partial charge in [0, 0.05) is 4.47 Å². The van der Waals surface area contributed by atoms with Crippen molar-refractivity contribution in [3.8, 4) is 0 Å². The Hall–Kier alpha value is -1.10. The molecule has 0 radical (unpaired) electrons. The number of benzene rings is 2. The minimum atomic E-state index is -0.414. The molecule has 2 N–H and O–H groups in total. The van der Waals surface area contributed by atoms with Gasteiger partial charge in [0.1, 0.15) is 5.82 Å². The molecule has 5 heteroatoms. The lowest BCUT2D eigenvalue weighted by atomic mass is 10.1. The highest BCUT2D eigenvalue weighted by Crippen LogP contribution is 2.28. The smallest absolute Gasteiger partial charge is 0.146 e. The second-order valence-electron chi connectivity index (χ2n) is 4.03. The number of nitrogens with one attached hydrogen (secondary N) is 1. The molecule has 0 fully saturated rings. The minimum Gasteiger partial charge on any atom is -0.394 e. The van der Waals surface area contributed by atoms with Gasteiger partial charge in [-0.25, -0.2) is 4.39 Å². The fourth-order valence-electron chi connectivity index (χ4n) is 1.73. The maximum atomic E-state index is 13.6. The van der Waals surface area contributed by atoms with Gasteiger partial charge in [0.2, 0.25) is 0 Å². The summed E-state index contributed by atoms with van der Waals surface area (Å²) in [6.07, 6.45) is 0. The van der Waals surface area contributed by atoms with Crippen molar-refractivity contribution >= 4 is 33.2 Å². The topological polar surface area (TPSA) is 32.3 Å². The van der Waals surface area contributed by atoms with Crippen LogP contribution >= 0.6 is 27.5 Å². The molecular weight excluding hydrogens is 333 g/mol. The monoisotopic (exact) mass is 343 g/mol. The lowest BCUT2D eigenvalue weighted by molar-refractivity contribution is 0.276. The highest BCUT2D eigenvalue weighted by atomic mass is 79.9. The summed E-state index contributed by atoms with van der Waals surface area (Å²) in [7, 11) is 0. The lowest BCUT2D eigenvalue weighted by Gasteiger charge is -2.19. The predicted molar refractivity (Wildman–Crippen MR) is 79.0 cm³/mol. The fraction of sp³-hybridized carbons (Fsp3) is 0.143. The largest absolute Gasteiger partial charge is 0.394 e. The Balaban J connectivity index is 2.25. The van der Waals surface area contributed by atoms with Crippen molar-refractivity contribution in [1.82, 2.24) is 0 Å². The van der Waals surface area contributed by atoms with Gasteiger partial charge in [-0.2, -0.15) is 0 Å². The number of aliphatic hydroxyl groups excluding tert-OH is 1. The van der Waals surface area contributed by atoms with Gasteiger partial charge in [0.05, 0.1) is 23.4 Å². The summed E-state index contributed by atoms with van der Waals surface area (Å²) in [6.45, 7) is -0.160. The molecule has 2 rings (SSSR count). The molecule has 2 nitrogen and oxygen atoms in total. The van der Waals surface area contributed by atoms with Crippen LogP contribution in [0.25, 0.3) is 0 Å². The Morgan fingerprint density at radius 3 is 2.63 bits per heavy atom. The van der Waals surface area contributed by atoms with Crippen LogP contribution in [0.15, 0.2) is 46.9 Å². The van der Waals surface area contributed by atoms with Gasteiger partial charge in [-0.15, -0.1) is 0 Å². The minimum absolute atomic E-state index is 0.160. The normalized spacial score (nSPS) is 12.2. The number of halogens is 3. The van der Waals surface area contributed by atoms with E-state index in [1.54, 1.807) is 30.3 Å². The first-order valence-electron chi connectivity index (χ1n) is 5.68. The van der Waals surface area contributed by atoms with E-state index in [0.717, 1.165) is 10.0 Å². The van der Waals surface area contributed by atoms with E-state index in [0.29, 0.717) is 10.7 Å². The van der Waals surface area contributed by atoms with Gasteiger partial charge < -0.3 is 10.4 Å². The predicted octanol–water partition coefficient (Wildman–Crippen LogP) is 4.39. The SMILES string of the molecule is OCC(Nc1ccccc1F)c1ccc(Br)c(Cl)c1. The van der Waals surface area contributed by atoms with E-state index < -0.39 is 6.04 Å². The highest BCUT2D eigenvalue weighted by molar-refractivity contribution is 9.10. The second kappa shape index (κ2) is 6.37. The van der Waals surface area contributed by atoms with Crippen molar-refractivity contribution in [1.29, 1.82) is 0 Å². The van der Waals surface area contributed by atoms with Crippen LogP contribution in [0.1, 0.15) is 11.6 Å². The van der Waals surface area contributed by atoms with Crippen LogP contribution in [0.4, 0.5) is 10.1 Å². The van der Waals surface area contributed by atoms with E-state index in [4.69, 9.17) is 11.6 Å². The Morgan fingerprint density at radius 2 is 2.00 bits per heavy atom.